The lowest BCUT2D eigenvalue weighted by Crippen LogP contribution is -2.23. The van der Waals surface area contributed by atoms with Gasteiger partial charge in [0, 0.05) is 0 Å². The zero-order valence-corrected chi connectivity index (χ0v) is 8.90. The normalized spacial score (nSPS) is 11.9. The molecule has 0 saturated carbocycles. The lowest BCUT2D eigenvalue weighted by Gasteiger charge is -2.11. The van der Waals surface area contributed by atoms with E-state index in [1.807, 2.05) is 6.92 Å². The molecule has 1 unspecified atom stereocenters. The van der Waals surface area contributed by atoms with Crippen LogP contribution in [0.25, 0.3) is 0 Å². The van der Waals surface area contributed by atoms with Crippen molar-refractivity contribution in [1.29, 1.82) is 0 Å². The maximum atomic E-state index is 11.6. The minimum Gasteiger partial charge on any atom is -0.493 e. The van der Waals surface area contributed by atoms with Crippen LogP contribution < -0.4 is 10.5 Å². The summed E-state index contributed by atoms with van der Waals surface area (Å²) in [5.41, 5.74) is 5.77. The number of para-hydroxylation sites is 1. The molecule has 0 aromatic heterocycles. The smallest absolute Gasteiger partial charge is 0.343 e. The molecule has 2 N–H and O–H groups in total. The highest BCUT2D eigenvalue weighted by atomic mass is 16.6. The fraction of sp³-hybridized carbons (Fsp3) is 0.364. The van der Waals surface area contributed by atoms with Crippen LogP contribution in [0.2, 0.25) is 0 Å². The van der Waals surface area contributed by atoms with E-state index < -0.39 is 12.2 Å². The van der Waals surface area contributed by atoms with E-state index in [1.165, 1.54) is 0 Å². The van der Waals surface area contributed by atoms with Gasteiger partial charge in [0.15, 0.2) is 0 Å². The molecule has 0 saturated heterocycles. The predicted octanol–water partition coefficient (Wildman–Crippen LogP) is 1.55. The molecule has 0 heterocycles. The molecule has 0 spiro atoms. The first-order valence-corrected chi connectivity index (χ1v) is 4.83. The molecule has 4 nitrogen and oxygen atoms in total. The summed E-state index contributed by atoms with van der Waals surface area (Å²) in [5.74, 6) is 0.0553. The molecule has 1 atom stereocenters. The average Bonchev–Trinajstić information content (AvgIpc) is 2.18. The average molecular weight is 209 g/mol. The van der Waals surface area contributed by atoms with E-state index in [-0.39, 0.29) is 0 Å². The summed E-state index contributed by atoms with van der Waals surface area (Å²) >= 11 is 0. The number of hydrogen-bond donors (Lipinski definition) is 1. The minimum absolute atomic E-state index is 0.400. The van der Waals surface area contributed by atoms with Crippen LogP contribution in [0.1, 0.15) is 24.2 Å². The number of hydrogen-bond acceptors (Lipinski definition) is 4. The zero-order valence-electron chi connectivity index (χ0n) is 8.90. The fourth-order valence-electron chi connectivity index (χ4n) is 1.15. The highest BCUT2D eigenvalue weighted by Crippen LogP contribution is 2.18. The number of rotatable bonds is 4. The second-order valence-corrected chi connectivity index (χ2v) is 3.04. The van der Waals surface area contributed by atoms with Crippen LogP contribution in [-0.2, 0) is 4.74 Å². The lowest BCUT2D eigenvalue weighted by molar-refractivity contribution is 0.0351. The Bertz CT molecular complexity index is 336. The number of esters is 1. The van der Waals surface area contributed by atoms with Crippen molar-refractivity contribution < 1.29 is 14.3 Å². The SMILES string of the molecule is CCOc1ccccc1C(=O)OC(C)N. The predicted molar refractivity (Wildman–Crippen MR) is 56.7 cm³/mol. The van der Waals surface area contributed by atoms with Crippen LogP contribution >= 0.6 is 0 Å². The quantitative estimate of drug-likeness (QED) is 0.603. The van der Waals surface area contributed by atoms with Crippen LogP contribution in [0.5, 0.6) is 5.75 Å². The molecule has 0 amide bonds. The summed E-state index contributed by atoms with van der Waals surface area (Å²) in [7, 11) is 0. The van der Waals surface area contributed by atoms with Crippen LogP contribution in [0, 0.1) is 0 Å². The van der Waals surface area contributed by atoms with Gasteiger partial charge in [-0.25, -0.2) is 4.79 Å². The fourth-order valence-corrected chi connectivity index (χ4v) is 1.15. The third-order valence-corrected chi connectivity index (χ3v) is 1.70. The van der Waals surface area contributed by atoms with Crippen LogP contribution in [0.3, 0.4) is 0 Å². The Hall–Kier alpha value is -1.55. The van der Waals surface area contributed by atoms with Gasteiger partial charge in [-0.05, 0) is 26.0 Å². The summed E-state index contributed by atoms with van der Waals surface area (Å²) in [6.07, 6.45) is -0.618. The Morgan fingerprint density at radius 1 is 1.47 bits per heavy atom. The van der Waals surface area contributed by atoms with Gasteiger partial charge in [0.1, 0.15) is 17.5 Å². The molecule has 1 rings (SSSR count). The molecule has 15 heavy (non-hydrogen) atoms. The monoisotopic (exact) mass is 209 g/mol. The molecule has 0 aliphatic rings. The standard InChI is InChI=1S/C11H15NO3/c1-3-14-10-7-5-4-6-9(10)11(13)15-8(2)12/h4-8H,3,12H2,1-2H3. The number of nitrogens with two attached hydrogens (primary N) is 1. The molecular weight excluding hydrogens is 194 g/mol. The van der Waals surface area contributed by atoms with Crippen molar-refractivity contribution in [3.8, 4) is 5.75 Å². The maximum absolute atomic E-state index is 11.6. The van der Waals surface area contributed by atoms with Gasteiger partial charge in [0.25, 0.3) is 0 Å². The highest BCUT2D eigenvalue weighted by Gasteiger charge is 2.14. The Labute approximate surface area is 89.0 Å². The van der Waals surface area contributed by atoms with Gasteiger partial charge in [0.2, 0.25) is 0 Å². The van der Waals surface area contributed by atoms with Crippen molar-refractivity contribution in [3.05, 3.63) is 29.8 Å². The largest absolute Gasteiger partial charge is 0.493 e. The van der Waals surface area contributed by atoms with E-state index in [2.05, 4.69) is 0 Å². The second kappa shape index (κ2) is 5.36. The topological polar surface area (TPSA) is 61.5 Å². The number of ether oxygens (including phenoxy) is 2. The molecule has 0 aliphatic carbocycles. The van der Waals surface area contributed by atoms with Gasteiger partial charge in [0.05, 0.1) is 6.61 Å². The Balaban J connectivity index is 2.87. The first kappa shape index (κ1) is 11.5. The van der Waals surface area contributed by atoms with Gasteiger partial charge in [-0.3, -0.25) is 5.73 Å². The van der Waals surface area contributed by atoms with Crippen molar-refractivity contribution in [3.63, 3.8) is 0 Å². The first-order valence-electron chi connectivity index (χ1n) is 4.83. The van der Waals surface area contributed by atoms with Crippen molar-refractivity contribution >= 4 is 5.97 Å². The van der Waals surface area contributed by atoms with Gasteiger partial charge in [-0.15, -0.1) is 0 Å². The van der Waals surface area contributed by atoms with Crippen LogP contribution in [-0.4, -0.2) is 18.8 Å². The summed E-state index contributed by atoms with van der Waals surface area (Å²) in [5, 5.41) is 0. The summed E-state index contributed by atoms with van der Waals surface area (Å²) in [6.45, 7) is 3.96. The van der Waals surface area contributed by atoms with E-state index in [9.17, 15) is 4.79 Å². The molecular formula is C11H15NO3. The highest BCUT2D eigenvalue weighted by molar-refractivity contribution is 5.92. The summed E-state index contributed by atoms with van der Waals surface area (Å²) < 4.78 is 10.2. The Morgan fingerprint density at radius 3 is 2.73 bits per heavy atom. The molecule has 0 bridgehead atoms. The van der Waals surface area contributed by atoms with Gasteiger partial charge in [-0.2, -0.15) is 0 Å². The van der Waals surface area contributed by atoms with E-state index in [0.717, 1.165) is 0 Å². The van der Waals surface area contributed by atoms with E-state index >= 15 is 0 Å². The third-order valence-electron chi connectivity index (χ3n) is 1.70. The van der Waals surface area contributed by atoms with Crippen molar-refractivity contribution in [2.75, 3.05) is 6.61 Å². The molecule has 1 aromatic carbocycles. The van der Waals surface area contributed by atoms with Crippen molar-refractivity contribution in [2.24, 2.45) is 5.73 Å². The molecule has 4 heteroatoms. The zero-order chi connectivity index (χ0) is 11.3. The van der Waals surface area contributed by atoms with E-state index in [4.69, 9.17) is 15.2 Å². The molecule has 0 fully saturated rings. The summed E-state index contributed by atoms with van der Waals surface area (Å²) in [6, 6.07) is 6.92. The van der Waals surface area contributed by atoms with Crippen LogP contribution in [0.15, 0.2) is 24.3 Å². The van der Waals surface area contributed by atoms with Gasteiger partial charge in [-0.1, -0.05) is 12.1 Å². The lowest BCUT2D eigenvalue weighted by atomic mass is 10.2. The molecule has 0 aliphatic heterocycles. The van der Waals surface area contributed by atoms with Gasteiger partial charge >= 0.3 is 5.97 Å². The van der Waals surface area contributed by atoms with Crippen LogP contribution in [0.4, 0.5) is 0 Å². The Morgan fingerprint density at radius 2 is 2.13 bits per heavy atom. The first-order chi connectivity index (χ1) is 7.15. The maximum Gasteiger partial charge on any atom is 0.343 e. The molecule has 1 aromatic rings. The van der Waals surface area contributed by atoms with E-state index in [0.29, 0.717) is 17.9 Å². The van der Waals surface area contributed by atoms with Crippen molar-refractivity contribution in [1.82, 2.24) is 0 Å². The molecule has 82 valence electrons. The number of benzene rings is 1. The van der Waals surface area contributed by atoms with Crippen molar-refractivity contribution in [2.45, 2.75) is 20.1 Å². The van der Waals surface area contributed by atoms with Gasteiger partial charge < -0.3 is 9.47 Å². The second-order valence-electron chi connectivity index (χ2n) is 3.04. The third kappa shape index (κ3) is 3.25. The molecule has 0 radical (unpaired) electrons. The summed E-state index contributed by atoms with van der Waals surface area (Å²) in [4.78, 5) is 11.6. The Kier molecular flexibility index (Phi) is 4.12. The number of carbonyl (C=O) groups is 1. The number of carbonyl (C=O) groups excluding carboxylic acids is 1. The van der Waals surface area contributed by atoms with E-state index in [1.54, 1.807) is 31.2 Å². The minimum atomic E-state index is -0.618.